The first kappa shape index (κ1) is 17.0. The lowest BCUT2D eigenvalue weighted by molar-refractivity contribution is 0.198. The summed E-state index contributed by atoms with van der Waals surface area (Å²) in [6.07, 6.45) is 7.29. The van der Waals surface area contributed by atoms with Crippen molar-refractivity contribution in [2.24, 2.45) is 11.8 Å². The lowest BCUT2D eigenvalue weighted by Gasteiger charge is -2.37. The number of hydrogen-bond acceptors (Lipinski definition) is 1. The van der Waals surface area contributed by atoms with Crippen molar-refractivity contribution in [3.05, 3.63) is 34.1 Å². The molecule has 21 heavy (non-hydrogen) atoms. The van der Waals surface area contributed by atoms with Crippen molar-refractivity contribution in [3.8, 4) is 0 Å². The Hall–Kier alpha value is -0.410. The van der Waals surface area contributed by atoms with Gasteiger partial charge in [0.15, 0.2) is 0 Å². The molecular formula is C18H27BrFN. The van der Waals surface area contributed by atoms with E-state index in [1.54, 1.807) is 6.07 Å². The molecule has 0 radical (unpaired) electrons. The summed E-state index contributed by atoms with van der Waals surface area (Å²) < 4.78 is 14.4. The summed E-state index contributed by atoms with van der Waals surface area (Å²) >= 11 is 3.40. The van der Waals surface area contributed by atoms with Crippen LogP contribution < -0.4 is 5.32 Å². The zero-order valence-corrected chi connectivity index (χ0v) is 14.8. The average Bonchev–Trinajstić information content (AvgIpc) is 2.44. The van der Waals surface area contributed by atoms with Gasteiger partial charge in [-0.15, -0.1) is 0 Å². The molecule has 1 aromatic carbocycles. The van der Waals surface area contributed by atoms with Crippen LogP contribution in [0.2, 0.25) is 0 Å². The van der Waals surface area contributed by atoms with E-state index in [-0.39, 0.29) is 5.82 Å². The van der Waals surface area contributed by atoms with Gasteiger partial charge in [-0.1, -0.05) is 36.2 Å². The Kier molecular flexibility index (Phi) is 6.69. The molecule has 0 spiro atoms. The van der Waals surface area contributed by atoms with Crippen LogP contribution >= 0.6 is 15.9 Å². The third kappa shape index (κ3) is 5.07. The van der Waals surface area contributed by atoms with Crippen molar-refractivity contribution in [1.29, 1.82) is 0 Å². The summed E-state index contributed by atoms with van der Waals surface area (Å²) in [4.78, 5) is 0. The van der Waals surface area contributed by atoms with Crippen LogP contribution in [-0.4, -0.2) is 12.6 Å². The number of hydrogen-bond donors (Lipinski definition) is 1. The fourth-order valence-electron chi connectivity index (χ4n) is 3.59. The topological polar surface area (TPSA) is 12.0 Å². The van der Waals surface area contributed by atoms with Crippen LogP contribution in [0.4, 0.5) is 4.39 Å². The van der Waals surface area contributed by atoms with Crippen LogP contribution in [0.3, 0.4) is 0 Å². The van der Waals surface area contributed by atoms with Gasteiger partial charge in [-0.2, -0.15) is 0 Å². The van der Waals surface area contributed by atoms with E-state index in [0.29, 0.717) is 12.0 Å². The summed E-state index contributed by atoms with van der Waals surface area (Å²) in [5, 5.41) is 3.71. The molecule has 0 bridgehead atoms. The maximum Gasteiger partial charge on any atom is 0.124 e. The standard InChI is InChI=1S/C18H27BrFN/c1-3-7-21-18-6-5-13(4-2)8-15(18)9-14-10-16(19)12-17(20)11-14/h10-13,15,18,21H,3-9H2,1-2H3. The highest BCUT2D eigenvalue weighted by atomic mass is 79.9. The van der Waals surface area contributed by atoms with Gasteiger partial charge in [0, 0.05) is 10.5 Å². The predicted molar refractivity (Wildman–Crippen MR) is 91.0 cm³/mol. The molecule has 3 atom stereocenters. The summed E-state index contributed by atoms with van der Waals surface area (Å²) in [6.45, 7) is 5.59. The molecule has 0 aromatic heterocycles. The van der Waals surface area contributed by atoms with E-state index in [2.05, 4.69) is 41.2 Å². The van der Waals surface area contributed by atoms with E-state index in [0.717, 1.165) is 28.9 Å². The minimum Gasteiger partial charge on any atom is -0.314 e. The second-order valence-electron chi connectivity index (χ2n) is 6.39. The van der Waals surface area contributed by atoms with Crippen molar-refractivity contribution in [2.45, 2.75) is 58.4 Å². The molecule has 0 heterocycles. The van der Waals surface area contributed by atoms with Gasteiger partial charge in [0.05, 0.1) is 0 Å². The molecule has 1 aromatic rings. The lowest BCUT2D eigenvalue weighted by atomic mass is 9.74. The Morgan fingerprint density at radius 3 is 2.71 bits per heavy atom. The van der Waals surface area contributed by atoms with Gasteiger partial charge in [-0.05, 0) is 74.2 Å². The highest BCUT2D eigenvalue weighted by molar-refractivity contribution is 9.10. The van der Waals surface area contributed by atoms with Crippen LogP contribution in [0.1, 0.15) is 51.5 Å². The number of halogens is 2. The van der Waals surface area contributed by atoms with Crippen LogP contribution in [0.15, 0.2) is 22.7 Å². The maximum absolute atomic E-state index is 13.6. The van der Waals surface area contributed by atoms with E-state index in [9.17, 15) is 4.39 Å². The van der Waals surface area contributed by atoms with Crippen molar-refractivity contribution in [1.82, 2.24) is 5.32 Å². The third-order valence-electron chi connectivity index (χ3n) is 4.75. The minimum absolute atomic E-state index is 0.139. The molecule has 0 amide bonds. The fourth-order valence-corrected chi connectivity index (χ4v) is 4.10. The third-order valence-corrected chi connectivity index (χ3v) is 5.20. The largest absolute Gasteiger partial charge is 0.314 e. The Morgan fingerprint density at radius 2 is 2.05 bits per heavy atom. The van der Waals surface area contributed by atoms with E-state index in [1.165, 1.54) is 38.2 Å². The molecule has 1 nitrogen and oxygen atoms in total. The zero-order valence-electron chi connectivity index (χ0n) is 13.2. The molecule has 0 saturated heterocycles. The van der Waals surface area contributed by atoms with Crippen LogP contribution in [-0.2, 0) is 6.42 Å². The van der Waals surface area contributed by atoms with Gasteiger partial charge < -0.3 is 5.32 Å². The molecule has 1 N–H and O–H groups in total. The van der Waals surface area contributed by atoms with Gasteiger partial charge in [-0.3, -0.25) is 0 Å². The van der Waals surface area contributed by atoms with Crippen LogP contribution in [0.5, 0.6) is 0 Å². The Labute approximate surface area is 136 Å². The Morgan fingerprint density at radius 1 is 1.24 bits per heavy atom. The molecule has 3 unspecified atom stereocenters. The molecule has 1 aliphatic carbocycles. The molecule has 118 valence electrons. The first-order valence-electron chi connectivity index (χ1n) is 8.30. The summed E-state index contributed by atoms with van der Waals surface area (Å²) in [7, 11) is 0. The molecule has 2 rings (SSSR count). The first-order chi connectivity index (χ1) is 10.1. The predicted octanol–water partition coefficient (Wildman–Crippen LogP) is 5.33. The summed E-state index contributed by atoms with van der Waals surface area (Å²) in [5.74, 6) is 1.33. The van der Waals surface area contributed by atoms with Crippen LogP contribution in [0, 0.1) is 17.7 Å². The van der Waals surface area contributed by atoms with E-state index in [4.69, 9.17) is 0 Å². The summed E-state index contributed by atoms with van der Waals surface area (Å²) in [6, 6.07) is 5.88. The van der Waals surface area contributed by atoms with Crippen molar-refractivity contribution in [3.63, 3.8) is 0 Å². The first-order valence-corrected chi connectivity index (χ1v) is 9.10. The molecule has 1 saturated carbocycles. The second-order valence-corrected chi connectivity index (χ2v) is 7.31. The SMILES string of the molecule is CCCNC1CCC(CC)CC1Cc1cc(F)cc(Br)c1. The fraction of sp³-hybridized carbons (Fsp3) is 0.667. The quantitative estimate of drug-likeness (QED) is 0.727. The average molecular weight is 356 g/mol. The lowest BCUT2D eigenvalue weighted by Crippen LogP contribution is -2.41. The van der Waals surface area contributed by atoms with Gasteiger partial charge in [0.25, 0.3) is 0 Å². The Balaban J connectivity index is 2.07. The molecular weight excluding hydrogens is 329 g/mol. The highest BCUT2D eigenvalue weighted by Gasteiger charge is 2.29. The maximum atomic E-state index is 13.6. The van der Waals surface area contributed by atoms with Crippen molar-refractivity contribution < 1.29 is 4.39 Å². The molecule has 0 aliphatic heterocycles. The number of benzene rings is 1. The minimum atomic E-state index is -0.139. The highest BCUT2D eigenvalue weighted by Crippen LogP contribution is 2.34. The van der Waals surface area contributed by atoms with E-state index < -0.39 is 0 Å². The van der Waals surface area contributed by atoms with Gasteiger partial charge in [0.1, 0.15) is 5.82 Å². The van der Waals surface area contributed by atoms with Gasteiger partial charge in [-0.25, -0.2) is 4.39 Å². The van der Waals surface area contributed by atoms with Gasteiger partial charge >= 0.3 is 0 Å². The second kappa shape index (κ2) is 8.28. The smallest absolute Gasteiger partial charge is 0.124 e. The van der Waals surface area contributed by atoms with Crippen molar-refractivity contribution >= 4 is 15.9 Å². The van der Waals surface area contributed by atoms with Gasteiger partial charge in [0.2, 0.25) is 0 Å². The molecule has 3 heteroatoms. The molecule has 1 fully saturated rings. The normalized spacial score (nSPS) is 26.0. The van der Waals surface area contributed by atoms with Crippen LogP contribution in [0.25, 0.3) is 0 Å². The number of nitrogens with one attached hydrogen (secondary N) is 1. The van der Waals surface area contributed by atoms with E-state index in [1.807, 2.05) is 0 Å². The number of rotatable bonds is 6. The summed E-state index contributed by atoms with van der Waals surface area (Å²) in [5.41, 5.74) is 1.12. The zero-order chi connectivity index (χ0) is 15.2. The monoisotopic (exact) mass is 355 g/mol. The van der Waals surface area contributed by atoms with E-state index >= 15 is 0 Å². The van der Waals surface area contributed by atoms with Crippen molar-refractivity contribution in [2.75, 3.05) is 6.54 Å². The molecule has 1 aliphatic rings. The Bertz CT molecular complexity index is 429.